The quantitative estimate of drug-likeness (QED) is 0.731. The first kappa shape index (κ1) is 19.4. The summed E-state index contributed by atoms with van der Waals surface area (Å²) >= 11 is 0. The molecule has 1 unspecified atom stereocenters. The summed E-state index contributed by atoms with van der Waals surface area (Å²) in [5, 5.41) is 0. The van der Waals surface area contributed by atoms with E-state index < -0.39 is 5.60 Å². The van der Waals surface area contributed by atoms with Crippen molar-refractivity contribution in [3.63, 3.8) is 0 Å². The lowest BCUT2D eigenvalue weighted by Crippen LogP contribution is -2.42. The van der Waals surface area contributed by atoms with Gasteiger partial charge in [0.25, 0.3) is 0 Å². The van der Waals surface area contributed by atoms with Gasteiger partial charge in [-0.05, 0) is 61.6 Å². The van der Waals surface area contributed by atoms with Crippen LogP contribution in [0.3, 0.4) is 0 Å². The van der Waals surface area contributed by atoms with E-state index in [9.17, 15) is 0 Å². The third-order valence-corrected chi connectivity index (χ3v) is 5.61. The molecule has 0 bridgehead atoms. The predicted octanol–water partition coefficient (Wildman–Crippen LogP) is 5.30. The number of hydrogen-bond acceptors (Lipinski definition) is 4. The van der Waals surface area contributed by atoms with Crippen molar-refractivity contribution in [2.75, 3.05) is 21.3 Å². The maximum atomic E-state index is 6.66. The number of methoxy groups -OCH3 is 3. The number of aryl methyl sites for hydroxylation is 2. The van der Waals surface area contributed by atoms with E-state index in [1.54, 1.807) is 21.3 Å². The molecule has 27 heavy (non-hydrogen) atoms. The zero-order valence-corrected chi connectivity index (χ0v) is 17.6. The molecular formula is C23H30O4. The second-order valence-corrected chi connectivity index (χ2v) is 8.24. The molecule has 1 aliphatic heterocycles. The van der Waals surface area contributed by atoms with Crippen LogP contribution in [0.15, 0.2) is 24.3 Å². The molecule has 4 nitrogen and oxygen atoms in total. The molecule has 0 aromatic heterocycles. The number of rotatable bonds is 4. The van der Waals surface area contributed by atoms with Crippen LogP contribution in [-0.4, -0.2) is 21.3 Å². The lowest BCUT2D eigenvalue weighted by atomic mass is 9.70. The molecule has 0 saturated heterocycles. The van der Waals surface area contributed by atoms with Crippen molar-refractivity contribution in [2.24, 2.45) is 0 Å². The van der Waals surface area contributed by atoms with Crippen LogP contribution < -0.4 is 18.9 Å². The van der Waals surface area contributed by atoms with Gasteiger partial charge in [-0.2, -0.15) is 0 Å². The fourth-order valence-electron chi connectivity index (χ4n) is 4.31. The zero-order valence-electron chi connectivity index (χ0n) is 17.6. The Labute approximate surface area is 162 Å². The van der Waals surface area contributed by atoms with Crippen LogP contribution in [0.5, 0.6) is 23.0 Å². The number of ether oxygens (including phenoxy) is 4. The van der Waals surface area contributed by atoms with Gasteiger partial charge in [-0.3, -0.25) is 0 Å². The summed E-state index contributed by atoms with van der Waals surface area (Å²) in [5.41, 5.74) is 3.66. The smallest absolute Gasteiger partial charge is 0.136 e. The normalized spacial score (nSPS) is 20.4. The van der Waals surface area contributed by atoms with Crippen molar-refractivity contribution in [3.05, 3.63) is 46.5 Å². The summed E-state index contributed by atoms with van der Waals surface area (Å²) < 4.78 is 23.4. The molecule has 0 aliphatic carbocycles. The maximum absolute atomic E-state index is 6.66. The van der Waals surface area contributed by atoms with Gasteiger partial charge in [0.1, 0.15) is 28.6 Å². The number of fused-ring (bicyclic) bond motifs is 1. The first-order valence-corrected chi connectivity index (χ1v) is 9.26. The molecule has 0 saturated carbocycles. The van der Waals surface area contributed by atoms with Crippen molar-refractivity contribution in [3.8, 4) is 23.0 Å². The van der Waals surface area contributed by atoms with Gasteiger partial charge in [-0.1, -0.05) is 13.8 Å². The Kier molecular flexibility index (Phi) is 4.79. The fraction of sp³-hybridized carbons (Fsp3) is 0.478. The Hall–Kier alpha value is -2.36. The lowest BCUT2D eigenvalue weighted by molar-refractivity contribution is 0.0292. The van der Waals surface area contributed by atoms with Gasteiger partial charge in [-0.15, -0.1) is 0 Å². The first-order chi connectivity index (χ1) is 12.6. The van der Waals surface area contributed by atoms with E-state index in [2.05, 4.69) is 33.8 Å². The molecule has 4 heteroatoms. The Morgan fingerprint density at radius 3 is 2.04 bits per heavy atom. The Balaban J connectivity index is 2.19. The summed E-state index contributed by atoms with van der Waals surface area (Å²) in [4.78, 5) is 0. The summed E-state index contributed by atoms with van der Waals surface area (Å²) in [6.45, 7) is 10.7. The standard InChI is InChI=1S/C23H30O4/c1-14-10-20(26-8)17(12-19(14)25-7)23(5)13-22(3,4)18-11-16(24-6)9-15(2)21(18)27-23/h9-12H,13H2,1-8H3. The highest BCUT2D eigenvalue weighted by Gasteiger charge is 2.45. The van der Waals surface area contributed by atoms with Crippen molar-refractivity contribution in [1.29, 1.82) is 0 Å². The molecule has 2 aromatic carbocycles. The molecule has 146 valence electrons. The molecule has 1 atom stereocenters. The maximum Gasteiger partial charge on any atom is 0.136 e. The highest BCUT2D eigenvalue weighted by Crippen LogP contribution is 2.53. The molecular weight excluding hydrogens is 340 g/mol. The van der Waals surface area contributed by atoms with E-state index in [1.165, 1.54) is 5.56 Å². The van der Waals surface area contributed by atoms with Crippen molar-refractivity contribution in [1.82, 2.24) is 0 Å². The molecule has 3 rings (SSSR count). The highest BCUT2D eigenvalue weighted by molar-refractivity contribution is 5.55. The summed E-state index contributed by atoms with van der Waals surface area (Å²) in [6, 6.07) is 8.18. The van der Waals surface area contributed by atoms with Gasteiger partial charge in [0, 0.05) is 17.5 Å². The predicted molar refractivity (Wildman–Crippen MR) is 108 cm³/mol. The third kappa shape index (κ3) is 3.22. The van der Waals surface area contributed by atoms with Crippen molar-refractivity contribution >= 4 is 0 Å². The van der Waals surface area contributed by atoms with Crippen molar-refractivity contribution < 1.29 is 18.9 Å². The summed E-state index contributed by atoms with van der Waals surface area (Å²) in [7, 11) is 5.09. The lowest BCUT2D eigenvalue weighted by Gasteiger charge is -2.45. The zero-order chi connectivity index (χ0) is 20.0. The van der Waals surface area contributed by atoms with Gasteiger partial charge in [-0.25, -0.2) is 0 Å². The van der Waals surface area contributed by atoms with Crippen LogP contribution in [-0.2, 0) is 11.0 Å². The molecule has 0 amide bonds. The average molecular weight is 370 g/mol. The molecule has 0 spiro atoms. The van der Waals surface area contributed by atoms with Crippen LogP contribution in [0.25, 0.3) is 0 Å². The molecule has 0 fully saturated rings. The molecule has 1 heterocycles. The van der Waals surface area contributed by atoms with E-state index in [0.29, 0.717) is 0 Å². The van der Waals surface area contributed by atoms with Gasteiger partial charge < -0.3 is 18.9 Å². The Morgan fingerprint density at radius 2 is 1.44 bits per heavy atom. The number of benzene rings is 2. The topological polar surface area (TPSA) is 36.9 Å². The van der Waals surface area contributed by atoms with E-state index in [0.717, 1.165) is 46.1 Å². The van der Waals surface area contributed by atoms with Crippen LogP contribution in [0, 0.1) is 13.8 Å². The molecule has 0 radical (unpaired) electrons. The summed E-state index contributed by atoms with van der Waals surface area (Å²) in [6.07, 6.45) is 0.808. The van der Waals surface area contributed by atoms with E-state index in [1.807, 2.05) is 25.1 Å². The van der Waals surface area contributed by atoms with E-state index >= 15 is 0 Å². The van der Waals surface area contributed by atoms with Gasteiger partial charge in [0.05, 0.1) is 21.3 Å². The highest BCUT2D eigenvalue weighted by atomic mass is 16.5. The summed E-state index contributed by atoms with van der Waals surface area (Å²) in [5.74, 6) is 3.45. The minimum absolute atomic E-state index is 0.0925. The second-order valence-electron chi connectivity index (χ2n) is 8.24. The second kappa shape index (κ2) is 6.66. The van der Waals surface area contributed by atoms with Crippen LogP contribution in [0.2, 0.25) is 0 Å². The van der Waals surface area contributed by atoms with E-state index in [4.69, 9.17) is 18.9 Å². The van der Waals surface area contributed by atoms with Gasteiger partial charge >= 0.3 is 0 Å². The van der Waals surface area contributed by atoms with Crippen LogP contribution in [0.1, 0.15) is 49.4 Å². The minimum Gasteiger partial charge on any atom is -0.497 e. The first-order valence-electron chi connectivity index (χ1n) is 9.26. The average Bonchev–Trinajstić information content (AvgIpc) is 2.61. The van der Waals surface area contributed by atoms with Gasteiger partial charge in [0.2, 0.25) is 0 Å². The molecule has 1 aliphatic rings. The van der Waals surface area contributed by atoms with Gasteiger partial charge in [0.15, 0.2) is 0 Å². The fourth-order valence-corrected chi connectivity index (χ4v) is 4.31. The SMILES string of the molecule is COc1cc(C)c2c(c1)C(C)(C)CC(C)(c1cc(OC)c(C)cc1OC)O2. The Morgan fingerprint density at radius 1 is 0.778 bits per heavy atom. The van der Waals surface area contributed by atoms with Crippen LogP contribution >= 0.6 is 0 Å². The monoisotopic (exact) mass is 370 g/mol. The molecule has 0 N–H and O–H groups in total. The number of hydrogen-bond donors (Lipinski definition) is 0. The minimum atomic E-state index is -0.540. The Bertz CT molecular complexity index is 869. The molecule has 2 aromatic rings. The van der Waals surface area contributed by atoms with Crippen molar-refractivity contribution in [2.45, 2.75) is 52.1 Å². The van der Waals surface area contributed by atoms with E-state index in [-0.39, 0.29) is 5.41 Å². The largest absolute Gasteiger partial charge is 0.497 e. The van der Waals surface area contributed by atoms with Crippen LogP contribution in [0.4, 0.5) is 0 Å². The third-order valence-electron chi connectivity index (χ3n) is 5.61.